The molecule has 0 radical (unpaired) electrons. The van der Waals surface area contributed by atoms with Crippen molar-refractivity contribution in [3.63, 3.8) is 0 Å². The summed E-state index contributed by atoms with van der Waals surface area (Å²) in [6, 6.07) is 9.21. The highest BCUT2D eigenvalue weighted by Crippen LogP contribution is 2.40. The van der Waals surface area contributed by atoms with E-state index in [-0.39, 0.29) is 0 Å². The van der Waals surface area contributed by atoms with Gasteiger partial charge in [0.05, 0.1) is 0 Å². The maximum atomic E-state index is 4.16. The molecule has 1 aromatic heterocycles. The summed E-state index contributed by atoms with van der Waals surface area (Å²) in [6.07, 6.45) is 2.35. The van der Waals surface area contributed by atoms with Crippen LogP contribution in [-0.2, 0) is 6.42 Å². The van der Waals surface area contributed by atoms with E-state index in [1.54, 1.807) is 16.8 Å². The Hall–Kier alpha value is -0.910. The molecule has 100 valence electrons. The molecule has 0 amide bonds. The van der Waals surface area contributed by atoms with Gasteiger partial charge in [-0.25, -0.2) is 0 Å². The van der Waals surface area contributed by atoms with Gasteiger partial charge in [0.15, 0.2) is 4.34 Å². The van der Waals surface area contributed by atoms with E-state index in [2.05, 4.69) is 46.7 Å². The van der Waals surface area contributed by atoms with Gasteiger partial charge in [0.2, 0.25) is 0 Å². The van der Waals surface area contributed by atoms with Crippen LogP contribution >= 0.6 is 23.1 Å². The first-order valence-electron chi connectivity index (χ1n) is 6.62. The average Bonchev–Trinajstić information content (AvgIpc) is 2.94. The molecule has 0 saturated heterocycles. The van der Waals surface area contributed by atoms with E-state index in [0.29, 0.717) is 11.3 Å². The summed E-state index contributed by atoms with van der Waals surface area (Å²) in [5.74, 6) is 0. The number of nitrogens with zero attached hydrogens (tertiary/aromatic N) is 2. The van der Waals surface area contributed by atoms with Crippen molar-refractivity contribution in [1.29, 1.82) is 0 Å². The Bertz CT molecular complexity index is 527. The number of hydrogen-bond acceptors (Lipinski definition) is 5. The Morgan fingerprint density at radius 1 is 1.42 bits per heavy atom. The van der Waals surface area contributed by atoms with Crippen molar-refractivity contribution in [3.8, 4) is 0 Å². The fraction of sp³-hybridized carbons (Fsp3) is 0.429. The van der Waals surface area contributed by atoms with Crippen LogP contribution in [0.5, 0.6) is 0 Å². The summed E-state index contributed by atoms with van der Waals surface area (Å²) in [7, 11) is 0. The molecule has 2 aromatic rings. The Balaban J connectivity index is 1.85. The van der Waals surface area contributed by atoms with Crippen molar-refractivity contribution in [2.24, 2.45) is 0 Å². The summed E-state index contributed by atoms with van der Waals surface area (Å²) in [5, 5.41) is 12.3. The maximum Gasteiger partial charge on any atom is 0.174 e. The number of hydrogen-bond donors (Lipinski definition) is 1. The largest absolute Gasteiger partial charge is 0.309 e. The molecule has 0 bridgehead atoms. The SMILES string of the molecule is CCNC1c2ccccc2CCC1Sc1nncs1. The Kier molecular flexibility index (Phi) is 4.15. The monoisotopic (exact) mass is 291 g/mol. The topological polar surface area (TPSA) is 37.8 Å². The minimum Gasteiger partial charge on any atom is -0.309 e. The highest BCUT2D eigenvalue weighted by Gasteiger charge is 2.30. The lowest BCUT2D eigenvalue weighted by atomic mass is 9.87. The number of nitrogens with one attached hydrogen (secondary N) is 1. The van der Waals surface area contributed by atoms with Crippen LogP contribution in [0.2, 0.25) is 0 Å². The van der Waals surface area contributed by atoms with E-state index in [0.717, 1.165) is 17.3 Å². The van der Waals surface area contributed by atoms with Gasteiger partial charge in [-0.3, -0.25) is 0 Å². The van der Waals surface area contributed by atoms with E-state index >= 15 is 0 Å². The fourth-order valence-electron chi connectivity index (χ4n) is 2.66. The summed E-state index contributed by atoms with van der Waals surface area (Å²) in [6.45, 7) is 3.16. The van der Waals surface area contributed by atoms with Gasteiger partial charge in [0.1, 0.15) is 5.51 Å². The molecule has 1 N–H and O–H groups in total. The average molecular weight is 291 g/mol. The Labute approximate surface area is 121 Å². The zero-order valence-electron chi connectivity index (χ0n) is 10.9. The zero-order valence-corrected chi connectivity index (χ0v) is 12.5. The summed E-state index contributed by atoms with van der Waals surface area (Å²) >= 11 is 3.50. The lowest BCUT2D eigenvalue weighted by Crippen LogP contribution is -2.34. The molecule has 0 aliphatic heterocycles. The van der Waals surface area contributed by atoms with Gasteiger partial charge < -0.3 is 5.32 Å². The van der Waals surface area contributed by atoms with Gasteiger partial charge in [-0.15, -0.1) is 10.2 Å². The van der Waals surface area contributed by atoms with E-state index in [1.807, 2.05) is 11.8 Å². The van der Waals surface area contributed by atoms with Gasteiger partial charge in [0, 0.05) is 11.3 Å². The van der Waals surface area contributed by atoms with Gasteiger partial charge in [0.25, 0.3) is 0 Å². The van der Waals surface area contributed by atoms with Crippen LogP contribution in [0, 0.1) is 0 Å². The number of aryl methyl sites for hydroxylation is 1. The van der Waals surface area contributed by atoms with Crippen LogP contribution in [0.1, 0.15) is 30.5 Å². The van der Waals surface area contributed by atoms with Crippen LogP contribution in [0.4, 0.5) is 0 Å². The van der Waals surface area contributed by atoms with Crippen LogP contribution in [-0.4, -0.2) is 22.0 Å². The van der Waals surface area contributed by atoms with Crippen molar-refractivity contribution in [2.45, 2.75) is 35.4 Å². The van der Waals surface area contributed by atoms with E-state index in [1.165, 1.54) is 17.5 Å². The summed E-state index contributed by atoms with van der Waals surface area (Å²) < 4.78 is 1.08. The lowest BCUT2D eigenvalue weighted by Gasteiger charge is -2.33. The van der Waals surface area contributed by atoms with Crippen LogP contribution in [0.15, 0.2) is 34.1 Å². The zero-order chi connectivity index (χ0) is 13.1. The van der Waals surface area contributed by atoms with Crippen LogP contribution in [0.3, 0.4) is 0 Å². The first-order chi connectivity index (χ1) is 9.38. The molecule has 0 fully saturated rings. The number of aromatic nitrogens is 2. The maximum absolute atomic E-state index is 4.16. The molecule has 19 heavy (non-hydrogen) atoms. The highest BCUT2D eigenvalue weighted by molar-refractivity contribution is 8.01. The first kappa shape index (κ1) is 13.1. The summed E-state index contributed by atoms with van der Waals surface area (Å²) in [5.41, 5.74) is 4.75. The Morgan fingerprint density at radius 3 is 3.11 bits per heavy atom. The molecule has 1 aliphatic rings. The molecule has 1 heterocycles. The second-order valence-corrected chi connectivity index (χ2v) is 6.95. The molecule has 0 spiro atoms. The van der Waals surface area contributed by atoms with Crippen molar-refractivity contribution >= 4 is 23.1 Å². The standard InChI is InChI=1S/C14H17N3S2/c1-2-15-13-11-6-4-3-5-10(11)7-8-12(13)19-14-17-16-9-18-14/h3-6,9,12-13,15H,2,7-8H2,1H3. The van der Waals surface area contributed by atoms with Crippen molar-refractivity contribution in [1.82, 2.24) is 15.5 Å². The van der Waals surface area contributed by atoms with Crippen LogP contribution in [0.25, 0.3) is 0 Å². The molecule has 5 heteroatoms. The number of fused-ring (bicyclic) bond motifs is 1. The quantitative estimate of drug-likeness (QED) is 0.938. The van der Waals surface area contributed by atoms with Crippen molar-refractivity contribution in [3.05, 3.63) is 40.9 Å². The second-order valence-electron chi connectivity index (χ2n) is 4.63. The fourth-order valence-corrected chi connectivity index (χ4v) is 4.63. The van der Waals surface area contributed by atoms with Gasteiger partial charge >= 0.3 is 0 Å². The molecule has 2 unspecified atom stereocenters. The molecule has 3 nitrogen and oxygen atoms in total. The molecule has 1 aliphatic carbocycles. The minimum absolute atomic E-state index is 0.420. The predicted octanol–water partition coefficient (Wildman–Crippen LogP) is 3.30. The third-order valence-corrected chi connectivity index (χ3v) is 5.63. The normalized spacial score (nSPS) is 22.2. The molecule has 2 atom stereocenters. The first-order valence-corrected chi connectivity index (χ1v) is 8.38. The van der Waals surface area contributed by atoms with E-state index in [9.17, 15) is 0 Å². The third kappa shape index (κ3) is 2.83. The highest BCUT2D eigenvalue weighted by atomic mass is 32.2. The number of benzene rings is 1. The van der Waals surface area contributed by atoms with Crippen molar-refractivity contribution in [2.75, 3.05) is 6.54 Å². The second kappa shape index (κ2) is 6.03. The van der Waals surface area contributed by atoms with Gasteiger partial charge in [-0.1, -0.05) is 54.3 Å². The van der Waals surface area contributed by atoms with E-state index in [4.69, 9.17) is 0 Å². The van der Waals surface area contributed by atoms with Gasteiger partial charge in [-0.05, 0) is 30.5 Å². The molecule has 3 rings (SSSR count). The predicted molar refractivity (Wildman–Crippen MR) is 80.7 cm³/mol. The van der Waals surface area contributed by atoms with Crippen molar-refractivity contribution < 1.29 is 0 Å². The van der Waals surface area contributed by atoms with Gasteiger partial charge in [-0.2, -0.15) is 0 Å². The van der Waals surface area contributed by atoms with Crippen LogP contribution < -0.4 is 5.32 Å². The lowest BCUT2D eigenvalue weighted by molar-refractivity contribution is 0.484. The molecular weight excluding hydrogens is 274 g/mol. The molecular formula is C14H17N3S2. The summed E-state index contributed by atoms with van der Waals surface area (Å²) in [4.78, 5) is 0. The number of rotatable bonds is 4. The molecule has 0 saturated carbocycles. The smallest absolute Gasteiger partial charge is 0.174 e. The van der Waals surface area contributed by atoms with E-state index < -0.39 is 0 Å². The number of thioether (sulfide) groups is 1. The third-order valence-electron chi connectivity index (χ3n) is 3.48. The minimum atomic E-state index is 0.420. The molecule has 1 aromatic carbocycles. The Morgan fingerprint density at radius 2 is 2.32 bits per heavy atom.